The fourth-order valence-corrected chi connectivity index (χ4v) is 1.89. The van der Waals surface area contributed by atoms with Crippen molar-refractivity contribution < 1.29 is 4.74 Å². The van der Waals surface area contributed by atoms with Crippen LogP contribution in [0.4, 0.5) is 0 Å². The summed E-state index contributed by atoms with van der Waals surface area (Å²) >= 11 is 0. The summed E-state index contributed by atoms with van der Waals surface area (Å²) in [6.45, 7) is 2.05. The normalized spacial score (nSPS) is 15.2. The molecule has 94 valence electrons. The standard InChI is InChI=1S/C15H23NO/c1-16(2)10-4-6-13-5-3-7-15(11-13)17-12-14-8-9-14/h3,5,7,11,14H,4,6,8-10,12H2,1-2H3. The summed E-state index contributed by atoms with van der Waals surface area (Å²) < 4.78 is 5.79. The number of rotatable bonds is 7. The summed E-state index contributed by atoms with van der Waals surface area (Å²) in [5, 5.41) is 0. The highest BCUT2D eigenvalue weighted by Gasteiger charge is 2.21. The lowest BCUT2D eigenvalue weighted by atomic mass is 10.1. The Balaban J connectivity index is 1.78. The number of hydrogen-bond donors (Lipinski definition) is 0. The summed E-state index contributed by atoms with van der Waals surface area (Å²) in [6, 6.07) is 8.56. The largest absolute Gasteiger partial charge is 0.493 e. The second kappa shape index (κ2) is 6.06. The molecule has 1 aliphatic rings. The molecule has 1 aromatic rings. The Morgan fingerprint density at radius 1 is 1.29 bits per heavy atom. The molecule has 2 rings (SSSR count). The molecule has 0 unspecified atom stereocenters. The molecule has 0 amide bonds. The van der Waals surface area contributed by atoms with Crippen LogP contribution in [0, 0.1) is 5.92 Å². The molecule has 1 fully saturated rings. The molecule has 1 saturated carbocycles. The average Bonchev–Trinajstić information content (AvgIpc) is 3.10. The summed E-state index contributed by atoms with van der Waals surface area (Å²) in [7, 11) is 4.24. The van der Waals surface area contributed by atoms with E-state index in [0.29, 0.717) is 0 Å². The van der Waals surface area contributed by atoms with E-state index in [1.807, 2.05) is 0 Å². The molecule has 0 bridgehead atoms. The van der Waals surface area contributed by atoms with Gasteiger partial charge in [0.05, 0.1) is 6.61 Å². The van der Waals surface area contributed by atoms with Gasteiger partial charge < -0.3 is 9.64 Å². The highest BCUT2D eigenvalue weighted by atomic mass is 16.5. The zero-order chi connectivity index (χ0) is 12.1. The van der Waals surface area contributed by atoms with E-state index in [1.54, 1.807) is 0 Å². The van der Waals surface area contributed by atoms with E-state index in [0.717, 1.165) is 31.2 Å². The number of benzene rings is 1. The predicted molar refractivity (Wildman–Crippen MR) is 71.5 cm³/mol. The maximum Gasteiger partial charge on any atom is 0.119 e. The van der Waals surface area contributed by atoms with Crippen LogP contribution >= 0.6 is 0 Å². The Kier molecular flexibility index (Phi) is 4.43. The zero-order valence-corrected chi connectivity index (χ0v) is 11.0. The van der Waals surface area contributed by atoms with Gasteiger partial charge in [-0.2, -0.15) is 0 Å². The first-order valence-corrected chi connectivity index (χ1v) is 6.60. The fourth-order valence-electron chi connectivity index (χ4n) is 1.89. The van der Waals surface area contributed by atoms with Crippen LogP contribution in [-0.2, 0) is 6.42 Å². The van der Waals surface area contributed by atoms with E-state index in [4.69, 9.17) is 4.74 Å². The molecule has 0 aromatic heterocycles. The first-order chi connectivity index (χ1) is 8.24. The van der Waals surface area contributed by atoms with Gasteiger partial charge in [0.1, 0.15) is 5.75 Å². The van der Waals surface area contributed by atoms with Crippen LogP contribution < -0.4 is 4.74 Å². The van der Waals surface area contributed by atoms with Crippen molar-refractivity contribution in [3.63, 3.8) is 0 Å². The molecule has 1 aliphatic carbocycles. The van der Waals surface area contributed by atoms with Crippen molar-refractivity contribution >= 4 is 0 Å². The van der Waals surface area contributed by atoms with Gasteiger partial charge in [0.2, 0.25) is 0 Å². The van der Waals surface area contributed by atoms with E-state index in [9.17, 15) is 0 Å². The minimum absolute atomic E-state index is 0.826. The molecular formula is C15H23NO. The zero-order valence-electron chi connectivity index (χ0n) is 11.0. The third-order valence-corrected chi connectivity index (χ3v) is 3.15. The van der Waals surface area contributed by atoms with Crippen molar-refractivity contribution in [1.82, 2.24) is 4.90 Å². The Morgan fingerprint density at radius 3 is 2.82 bits per heavy atom. The summed E-state index contributed by atoms with van der Waals surface area (Å²) in [5.74, 6) is 1.87. The Morgan fingerprint density at radius 2 is 2.12 bits per heavy atom. The average molecular weight is 233 g/mol. The third kappa shape index (κ3) is 4.78. The second-order valence-corrected chi connectivity index (χ2v) is 5.31. The maximum atomic E-state index is 5.79. The van der Waals surface area contributed by atoms with Gasteiger partial charge in [-0.25, -0.2) is 0 Å². The summed E-state index contributed by atoms with van der Waals surface area (Å²) in [4.78, 5) is 2.23. The van der Waals surface area contributed by atoms with Gasteiger partial charge >= 0.3 is 0 Å². The lowest BCUT2D eigenvalue weighted by Crippen LogP contribution is -2.13. The first kappa shape index (κ1) is 12.4. The molecule has 0 spiro atoms. The van der Waals surface area contributed by atoms with Crippen LogP contribution in [-0.4, -0.2) is 32.1 Å². The maximum absolute atomic E-state index is 5.79. The molecule has 1 aromatic carbocycles. The van der Waals surface area contributed by atoms with Gasteiger partial charge in [-0.15, -0.1) is 0 Å². The molecule has 0 heterocycles. The predicted octanol–water partition coefficient (Wildman–Crippen LogP) is 2.97. The Labute approximate surface area is 105 Å². The minimum atomic E-state index is 0.826. The second-order valence-electron chi connectivity index (χ2n) is 5.31. The highest BCUT2D eigenvalue weighted by Crippen LogP contribution is 2.29. The van der Waals surface area contributed by atoms with Gasteiger partial charge in [-0.3, -0.25) is 0 Å². The van der Waals surface area contributed by atoms with Crippen LogP contribution in [0.25, 0.3) is 0 Å². The van der Waals surface area contributed by atoms with Crippen molar-refractivity contribution in [2.24, 2.45) is 5.92 Å². The van der Waals surface area contributed by atoms with Crippen LogP contribution in [0.5, 0.6) is 5.75 Å². The van der Waals surface area contributed by atoms with Gasteiger partial charge in [0, 0.05) is 0 Å². The molecule has 2 heteroatoms. The number of hydrogen-bond acceptors (Lipinski definition) is 2. The van der Waals surface area contributed by atoms with E-state index in [-0.39, 0.29) is 0 Å². The van der Waals surface area contributed by atoms with Gasteiger partial charge in [0.15, 0.2) is 0 Å². The van der Waals surface area contributed by atoms with Gasteiger partial charge in [0.25, 0.3) is 0 Å². The van der Waals surface area contributed by atoms with Gasteiger partial charge in [-0.05, 0) is 69.9 Å². The third-order valence-electron chi connectivity index (χ3n) is 3.15. The first-order valence-electron chi connectivity index (χ1n) is 6.60. The summed E-state index contributed by atoms with van der Waals surface area (Å²) in [6.07, 6.45) is 5.04. The van der Waals surface area contributed by atoms with Crippen molar-refractivity contribution in [3.05, 3.63) is 29.8 Å². The fraction of sp³-hybridized carbons (Fsp3) is 0.600. The van der Waals surface area contributed by atoms with Gasteiger partial charge in [-0.1, -0.05) is 12.1 Å². The molecule has 0 aliphatic heterocycles. The molecule has 2 nitrogen and oxygen atoms in total. The Bertz CT molecular complexity index is 345. The minimum Gasteiger partial charge on any atom is -0.493 e. The summed E-state index contributed by atoms with van der Waals surface area (Å²) in [5.41, 5.74) is 1.39. The van der Waals surface area contributed by atoms with Crippen molar-refractivity contribution in [3.8, 4) is 5.75 Å². The van der Waals surface area contributed by atoms with E-state index < -0.39 is 0 Å². The molecule has 0 radical (unpaired) electrons. The topological polar surface area (TPSA) is 12.5 Å². The smallest absolute Gasteiger partial charge is 0.119 e. The monoisotopic (exact) mass is 233 g/mol. The molecule has 17 heavy (non-hydrogen) atoms. The highest BCUT2D eigenvalue weighted by molar-refractivity contribution is 5.28. The van der Waals surface area contributed by atoms with Crippen LogP contribution in [0.15, 0.2) is 24.3 Å². The molecule has 0 atom stereocenters. The number of aryl methyl sites for hydroxylation is 1. The lowest BCUT2D eigenvalue weighted by Gasteiger charge is -2.10. The number of ether oxygens (including phenoxy) is 1. The number of nitrogens with zero attached hydrogens (tertiary/aromatic N) is 1. The molecule has 0 N–H and O–H groups in total. The van der Waals surface area contributed by atoms with Crippen LogP contribution in [0.2, 0.25) is 0 Å². The van der Waals surface area contributed by atoms with Crippen molar-refractivity contribution in [2.45, 2.75) is 25.7 Å². The van der Waals surface area contributed by atoms with E-state index >= 15 is 0 Å². The van der Waals surface area contributed by atoms with E-state index in [2.05, 4.69) is 43.3 Å². The van der Waals surface area contributed by atoms with E-state index in [1.165, 1.54) is 24.8 Å². The Hall–Kier alpha value is -1.02. The van der Waals surface area contributed by atoms with Crippen LogP contribution in [0.1, 0.15) is 24.8 Å². The molecule has 0 saturated heterocycles. The van der Waals surface area contributed by atoms with Crippen molar-refractivity contribution in [1.29, 1.82) is 0 Å². The van der Waals surface area contributed by atoms with Crippen LogP contribution in [0.3, 0.4) is 0 Å². The molecular weight excluding hydrogens is 210 g/mol. The SMILES string of the molecule is CN(C)CCCc1cccc(OCC2CC2)c1. The quantitative estimate of drug-likeness (QED) is 0.718. The van der Waals surface area contributed by atoms with Crippen molar-refractivity contribution in [2.75, 3.05) is 27.2 Å². The lowest BCUT2D eigenvalue weighted by molar-refractivity contribution is 0.299.